The summed E-state index contributed by atoms with van der Waals surface area (Å²) in [6.07, 6.45) is 1.74. The minimum atomic E-state index is -0.593. The van der Waals surface area contributed by atoms with Crippen LogP contribution in [0, 0.1) is 5.82 Å². The lowest BCUT2D eigenvalue weighted by molar-refractivity contribution is 0.0601. The smallest absolute Gasteiger partial charge is 0.339 e. The number of hydrogen-bond acceptors (Lipinski definition) is 4. The molecule has 0 aliphatic heterocycles. The number of halogens is 2. The van der Waals surface area contributed by atoms with Crippen molar-refractivity contribution in [3.63, 3.8) is 0 Å². The molecule has 0 spiro atoms. The third kappa shape index (κ3) is 2.76. The van der Waals surface area contributed by atoms with Crippen LogP contribution in [-0.2, 0) is 4.74 Å². The molecule has 15 heavy (non-hydrogen) atoms. The normalized spacial score (nSPS) is 9.87. The van der Waals surface area contributed by atoms with Gasteiger partial charge in [-0.05, 0) is 12.1 Å². The van der Waals surface area contributed by atoms with Gasteiger partial charge in [-0.25, -0.2) is 9.18 Å². The van der Waals surface area contributed by atoms with Crippen LogP contribution in [0.5, 0.6) is 0 Å². The topological polar surface area (TPSA) is 38.3 Å². The van der Waals surface area contributed by atoms with Crippen LogP contribution in [0.2, 0.25) is 5.02 Å². The van der Waals surface area contributed by atoms with E-state index in [2.05, 4.69) is 9.46 Å². The van der Waals surface area contributed by atoms with Gasteiger partial charge in [-0.3, -0.25) is 0 Å². The molecule has 1 aromatic rings. The summed E-state index contributed by atoms with van der Waals surface area (Å²) in [5, 5.41) is 0.0333. The van der Waals surface area contributed by atoms with E-state index in [9.17, 15) is 9.18 Å². The Morgan fingerprint density at radius 2 is 2.27 bits per heavy atom. The second kappa shape index (κ2) is 5.23. The number of carbonyl (C=O) groups is 1. The summed E-state index contributed by atoms with van der Waals surface area (Å²) >= 11 is 6.92. The summed E-state index contributed by atoms with van der Waals surface area (Å²) in [5.74, 6) is -1.11. The van der Waals surface area contributed by atoms with E-state index < -0.39 is 11.8 Å². The minimum Gasteiger partial charge on any atom is -0.465 e. The molecule has 82 valence electrons. The van der Waals surface area contributed by atoms with Gasteiger partial charge in [0, 0.05) is 6.26 Å². The molecule has 0 aliphatic carbocycles. The first-order valence-corrected chi connectivity index (χ1v) is 5.56. The predicted molar refractivity (Wildman–Crippen MR) is 59.9 cm³/mol. The number of carbonyl (C=O) groups excluding carboxylic acids is 1. The van der Waals surface area contributed by atoms with Gasteiger partial charge < -0.3 is 9.46 Å². The highest BCUT2D eigenvalue weighted by Gasteiger charge is 2.14. The highest BCUT2D eigenvalue weighted by atomic mass is 35.5. The van der Waals surface area contributed by atoms with Gasteiger partial charge >= 0.3 is 5.97 Å². The van der Waals surface area contributed by atoms with Crippen LogP contribution in [0.15, 0.2) is 12.1 Å². The second-order valence-corrected chi connectivity index (χ2v) is 3.63. The van der Waals surface area contributed by atoms with E-state index in [0.717, 1.165) is 6.07 Å². The van der Waals surface area contributed by atoms with Gasteiger partial charge in [0.25, 0.3) is 0 Å². The quantitative estimate of drug-likeness (QED) is 0.660. The fraction of sp³-hybridized carbons (Fsp3) is 0.222. The van der Waals surface area contributed by atoms with Crippen molar-refractivity contribution in [3.05, 3.63) is 28.5 Å². The van der Waals surface area contributed by atoms with Crippen molar-refractivity contribution < 1.29 is 13.9 Å². The maximum atomic E-state index is 13.3. The van der Waals surface area contributed by atoms with Gasteiger partial charge in [-0.15, -0.1) is 0 Å². The molecule has 1 rings (SSSR count). The minimum absolute atomic E-state index is 0.0333. The summed E-state index contributed by atoms with van der Waals surface area (Å²) in [4.78, 5) is 11.2. The van der Waals surface area contributed by atoms with E-state index in [1.165, 1.54) is 25.1 Å². The summed E-state index contributed by atoms with van der Waals surface area (Å²) in [6, 6.07) is 2.40. The van der Waals surface area contributed by atoms with Crippen LogP contribution >= 0.6 is 23.5 Å². The van der Waals surface area contributed by atoms with Crippen LogP contribution in [0.25, 0.3) is 0 Å². The molecule has 0 radical (unpaired) electrons. The number of esters is 1. The van der Waals surface area contributed by atoms with Crippen LogP contribution < -0.4 is 4.72 Å². The van der Waals surface area contributed by atoms with Gasteiger partial charge in [-0.1, -0.05) is 23.5 Å². The maximum absolute atomic E-state index is 13.3. The van der Waals surface area contributed by atoms with Crippen LogP contribution in [0.4, 0.5) is 10.1 Å². The lowest BCUT2D eigenvalue weighted by Gasteiger charge is -2.07. The molecule has 0 unspecified atom stereocenters. The van der Waals surface area contributed by atoms with Gasteiger partial charge in [-0.2, -0.15) is 0 Å². The monoisotopic (exact) mass is 249 g/mol. The molecule has 0 bridgehead atoms. The van der Waals surface area contributed by atoms with Crippen molar-refractivity contribution in [2.75, 3.05) is 18.1 Å². The Morgan fingerprint density at radius 3 is 2.80 bits per heavy atom. The molecule has 0 aliphatic rings. The molecular weight excluding hydrogens is 241 g/mol. The Morgan fingerprint density at radius 1 is 1.60 bits per heavy atom. The molecule has 0 aromatic heterocycles. The zero-order chi connectivity index (χ0) is 11.4. The Hall–Kier alpha value is -0.940. The fourth-order valence-electron chi connectivity index (χ4n) is 1.00. The lowest BCUT2D eigenvalue weighted by atomic mass is 10.2. The van der Waals surface area contributed by atoms with Gasteiger partial charge in [0.15, 0.2) is 0 Å². The van der Waals surface area contributed by atoms with Crippen molar-refractivity contribution in [1.29, 1.82) is 0 Å². The molecule has 6 heteroatoms. The number of hydrogen-bond donors (Lipinski definition) is 1. The van der Waals surface area contributed by atoms with Crippen molar-refractivity contribution >= 4 is 35.2 Å². The molecule has 1 N–H and O–H groups in total. The fourth-order valence-corrected chi connectivity index (χ4v) is 1.61. The maximum Gasteiger partial charge on any atom is 0.339 e. The Labute approximate surface area is 96.1 Å². The standard InChI is InChI=1S/C9H9ClFNO2S/c1-14-9(13)5-3-8(12-15-2)7(11)4-6(5)10/h3-4,12H,1-2H3. The van der Waals surface area contributed by atoms with Crippen LogP contribution in [-0.4, -0.2) is 19.3 Å². The first kappa shape index (κ1) is 12.1. The van der Waals surface area contributed by atoms with Crippen molar-refractivity contribution in [2.45, 2.75) is 0 Å². The third-order valence-corrected chi connectivity index (χ3v) is 2.41. The van der Waals surface area contributed by atoms with Crippen LogP contribution in [0.1, 0.15) is 10.4 Å². The average molecular weight is 250 g/mol. The summed E-state index contributed by atoms with van der Waals surface area (Å²) in [5.41, 5.74) is 0.337. The van der Waals surface area contributed by atoms with Crippen molar-refractivity contribution in [3.8, 4) is 0 Å². The number of methoxy groups -OCH3 is 1. The van der Waals surface area contributed by atoms with E-state index in [-0.39, 0.29) is 16.3 Å². The third-order valence-electron chi connectivity index (χ3n) is 1.67. The molecular formula is C9H9ClFNO2S. The summed E-state index contributed by atoms with van der Waals surface area (Å²) in [6.45, 7) is 0. The first-order chi connectivity index (χ1) is 7.10. The largest absolute Gasteiger partial charge is 0.465 e. The molecule has 0 amide bonds. The number of ether oxygens (including phenoxy) is 1. The van der Waals surface area contributed by atoms with E-state index in [0.29, 0.717) is 0 Å². The Kier molecular flexibility index (Phi) is 4.23. The zero-order valence-corrected chi connectivity index (χ0v) is 9.71. The second-order valence-electron chi connectivity index (χ2n) is 2.61. The van der Waals surface area contributed by atoms with Crippen LogP contribution in [0.3, 0.4) is 0 Å². The number of nitrogens with one attached hydrogen (secondary N) is 1. The highest BCUT2D eigenvalue weighted by molar-refractivity contribution is 7.99. The van der Waals surface area contributed by atoms with E-state index in [1.54, 1.807) is 6.26 Å². The number of anilines is 1. The molecule has 0 fully saturated rings. The van der Waals surface area contributed by atoms with Gasteiger partial charge in [0.05, 0.1) is 23.4 Å². The van der Waals surface area contributed by atoms with Gasteiger partial charge in [0.1, 0.15) is 5.82 Å². The highest BCUT2D eigenvalue weighted by Crippen LogP contribution is 2.26. The average Bonchev–Trinajstić information content (AvgIpc) is 2.21. The van der Waals surface area contributed by atoms with E-state index >= 15 is 0 Å². The molecule has 3 nitrogen and oxygen atoms in total. The summed E-state index contributed by atoms with van der Waals surface area (Å²) < 4.78 is 20.5. The molecule has 0 atom stereocenters. The zero-order valence-electron chi connectivity index (χ0n) is 8.14. The molecule has 0 saturated carbocycles. The van der Waals surface area contributed by atoms with Crippen molar-refractivity contribution in [2.24, 2.45) is 0 Å². The molecule has 0 saturated heterocycles. The van der Waals surface area contributed by atoms with Gasteiger partial charge in [0.2, 0.25) is 0 Å². The van der Waals surface area contributed by atoms with E-state index in [1.807, 2.05) is 0 Å². The van der Waals surface area contributed by atoms with E-state index in [4.69, 9.17) is 11.6 Å². The Bertz CT molecular complexity index is 387. The lowest BCUT2D eigenvalue weighted by Crippen LogP contribution is -2.04. The summed E-state index contributed by atoms with van der Waals surface area (Å²) in [7, 11) is 1.24. The number of benzene rings is 1. The predicted octanol–water partition coefficient (Wildman–Crippen LogP) is 2.96. The molecule has 1 aromatic carbocycles. The first-order valence-electron chi connectivity index (χ1n) is 3.96. The SMILES string of the molecule is COC(=O)c1cc(NSC)c(F)cc1Cl. The Balaban J connectivity index is 3.17. The number of rotatable bonds is 3. The molecule has 0 heterocycles. The van der Waals surface area contributed by atoms with Crippen molar-refractivity contribution in [1.82, 2.24) is 0 Å².